The number of carbonyl (C=O) groups is 1. The van der Waals surface area contributed by atoms with E-state index in [1.807, 2.05) is 0 Å². The molecule has 5 nitrogen and oxygen atoms in total. The molecule has 0 bridgehead atoms. The minimum atomic E-state index is -1.40. The number of carboxylic acids is 1. The fourth-order valence-electron chi connectivity index (χ4n) is 3.60. The number of nitrogens with zero attached hydrogens (tertiary/aromatic N) is 2. The third kappa shape index (κ3) is 2.76. The van der Waals surface area contributed by atoms with E-state index in [0.717, 1.165) is 18.9 Å². The number of halogens is 2. The highest BCUT2D eigenvalue weighted by atomic mass is 32.1. The van der Waals surface area contributed by atoms with Crippen LogP contribution in [0.3, 0.4) is 0 Å². The average molecular weight is 380 g/mol. The molecule has 138 valence electrons. The molecule has 0 amide bonds. The first kappa shape index (κ1) is 17.3. The zero-order valence-corrected chi connectivity index (χ0v) is 14.8. The second-order valence-corrected chi connectivity index (χ2v) is 7.68. The Balaban J connectivity index is 1.97. The molecule has 1 aliphatic heterocycles. The van der Waals surface area contributed by atoms with Crippen molar-refractivity contribution in [2.45, 2.75) is 37.0 Å². The molecule has 0 atom stereocenters. The molecule has 1 saturated carbocycles. The van der Waals surface area contributed by atoms with E-state index in [2.05, 4.69) is 12.6 Å². The summed E-state index contributed by atoms with van der Waals surface area (Å²) in [4.78, 5) is 25.5. The maximum atomic E-state index is 15.4. The van der Waals surface area contributed by atoms with Gasteiger partial charge in [-0.2, -0.15) is 12.6 Å². The number of thiol groups is 1. The molecular formula is C18H18F2N2O3S. The molecule has 2 fully saturated rings. The van der Waals surface area contributed by atoms with Gasteiger partial charge in [-0.3, -0.25) is 4.79 Å². The summed E-state index contributed by atoms with van der Waals surface area (Å²) in [5, 5.41) is 9.24. The van der Waals surface area contributed by atoms with Crippen molar-refractivity contribution in [3.8, 4) is 0 Å². The van der Waals surface area contributed by atoms with Gasteiger partial charge >= 0.3 is 5.97 Å². The van der Waals surface area contributed by atoms with Gasteiger partial charge < -0.3 is 14.6 Å². The summed E-state index contributed by atoms with van der Waals surface area (Å²) < 4.78 is 31.6. The van der Waals surface area contributed by atoms with Gasteiger partial charge in [0, 0.05) is 30.6 Å². The number of rotatable bonds is 3. The number of aromatic carboxylic acids is 1. The van der Waals surface area contributed by atoms with Crippen LogP contribution in [-0.4, -0.2) is 34.0 Å². The molecule has 4 rings (SSSR count). The SMILES string of the molecule is O=C(O)c1cn(C2CC2)c2c(F)c(N3CCC(S)CC3)c(F)cc2c1=O. The van der Waals surface area contributed by atoms with Gasteiger partial charge in [0.05, 0.1) is 10.9 Å². The van der Waals surface area contributed by atoms with Gasteiger partial charge in [-0.05, 0) is 31.7 Å². The Morgan fingerprint density at radius 3 is 2.42 bits per heavy atom. The molecule has 1 aromatic heterocycles. The molecule has 8 heteroatoms. The molecule has 1 saturated heterocycles. The van der Waals surface area contributed by atoms with Gasteiger partial charge in [0.15, 0.2) is 5.82 Å². The molecule has 2 heterocycles. The summed E-state index contributed by atoms with van der Waals surface area (Å²) in [6.45, 7) is 0.961. The Morgan fingerprint density at radius 1 is 1.19 bits per heavy atom. The van der Waals surface area contributed by atoms with Gasteiger partial charge in [-0.15, -0.1) is 0 Å². The normalized spacial score (nSPS) is 18.5. The number of pyridine rings is 1. The van der Waals surface area contributed by atoms with Crippen molar-refractivity contribution in [3.05, 3.63) is 39.7 Å². The van der Waals surface area contributed by atoms with Gasteiger partial charge in [-0.25, -0.2) is 13.6 Å². The predicted molar refractivity (Wildman–Crippen MR) is 97.6 cm³/mol. The number of hydrogen-bond donors (Lipinski definition) is 2. The molecule has 1 aromatic carbocycles. The van der Waals surface area contributed by atoms with Gasteiger partial charge in [0.1, 0.15) is 17.1 Å². The van der Waals surface area contributed by atoms with Crippen LogP contribution in [0.5, 0.6) is 0 Å². The van der Waals surface area contributed by atoms with Crippen LogP contribution in [0, 0.1) is 11.6 Å². The third-order valence-corrected chi connectivity index (χ3v) is 5.65. The van der Waals surface area contributed by atoms with Crippen LogP contribution >= 0.6 is 12.6 Å². The standard InChI is InChI=1S/C18H18F2N2O3S/c19-13-7-11-15(14(20)16(13)21-5-3-10(26)4-6-21)22(9-1-2-9)8-12(17(11)23)18(24)25/h7-10,26H,1-6H2,(H,24,25). The van der Waals surface area contributed by atoms with Crippen LogP contribution in [0.4, 0.5) is 14.5 Å². The lowest BCUT2D eigenvalue weighted by Gasteiger charge is -2.32. The Hall–Kier alpha value is -2.09. The number of benzene rings is 1. The van der Waals surface area contributed by atoms with Crippen LogP contribution in [0.15, 0.2) is 17.1 Å². The van der Waals surface area contributed by atoms with Crippen molar-refractivity contribution in [1.82, 2.24) is 4.57 Å². The Bertz CT molecular complexity index is 963. The first-order valence-corrected chi connectivity index (χ1v) is 9.13. The number of piperidine rings is 1. The number of aromatic nitrogens is 1. The third-order valence-electron chi connectivity index (χ3n) is 5.14. The molecule has 0 unspecified atom stereocenters. The highest BCUT2D eigenvalue weighted by Gasteiger charge is 2.31. The van der Waals surface area contributed by atoms with Crippen molar-refractivity contribution in [2.75, 3.05) is 18.0 Å². The second-order valence-electron chi connectivity index (χ2n) is 6.95. The Morgan fingerprint density at radius 2 is 1.85 bits per heavy atom. The van der Waals surface area contributed by atoms with Crippen LogP contribution in [0.2, 0.25) is 0 Å². The van der Waals surface area contributed by atoms with E-state index >= 15 is 4.39 Å². The van der Waals surface area contributed by atoms with Crippen molar-refractivity contribution in [1.29, 1.82) is 0 Å². The number of carboxylic acid groups (broad SMARTS) is 1. The second kappa shape index (κ2) is 6.26. The van der Waals surface area contributed by atoms with E-state index in [1.54, 1.807) is 4.90 Å². The summed E-state index contributed by atoms with van der Waals surface area (Å²) in [7, 11) is 0. The quantitative estimate of drug-likeness (QED) is 0.803. The minimum Gasteiger partial charge on any atom is -0.477 e. The topological polar surface area (TPSA) is 62.5 Å². The van der Waals surface area contributed by atoms with Gasteiger partial charge in [-0.1, -0.05) is 0 Å². The number of fused-ring (bicyclic) bond motifs is 1. The molecule has 2 aromatic rings. The van der Waals surface area contributed by atoms with Crippen molar-refractivity contribution in [3.63, 3.8) is 0 Å². The van der Waals surface area contributed by atoms with Crippen molar-refractivity contribution in [2.24, 2.45) is 0 Å². The van der Waals surface area contributed by atoms with Gasteiger partial charge in [0.25, 0.3) is 0 Å². The Labute approximate surface area is 153 Å². The van der Waals surface area contributed by atoms with E-state index in [0.29, 0.717) is 25.9 Å². The monoisotopic (exact) mass is 380 g/mol. The highest BCUT2D eigenvalue weighted by molar-refractivity contribution is 7.80. The number of anilines is 1. The first-order chi connectivity index (χ1) is 12.4. The van der Waals surface area contributed by atoms with Crippen LogP contribution in [0.1, 0.15) is 42.1 Å². The smallest absolute Gasteiger partial charge is 0.341 e. The molecule has 2 aliphatic rings. The lowest BCUT2D eigenvalue weighted by Crippen LogP contribution is -2.35. The average Bonchev–Trinajstić information content (AvgIpc) is 3.42. The van der Waals surface area contributed by atoms with Crippen LogP contribution in [-0.2, 0) is 0 Å². The maximum absolute atomic E-state index is 15.4. The zero-order chi connectivity index (χ0) is 18.6. The largest absolute Gasteiger partial charge is 0.477 e. The van der Waals surface area contributed by atoms with E-state index in [-0.39, 0.29) is 27.9 Å². The fourth-order valence-corrected chi connectivity index (χ4v) is 3.83. The summed E-state index contributed by atoms with van der Waals surface area (Å²) in [5.41, 5.74) is -1.48. The van der Waals surface area contributed by atoms with Crippen molar-refractivity contribution >= 4 is 35.2 Å². The molecule has 1 N–H and O–H groups in total. The Kier molecular flexibility index (Phi) is 4.17. The zero-order valence-electron chi connectivity index (χ0n) is 13.9. The molecule has 0 spiro atoms. The summed E-state index contributed by atoms with van der Waals surface area (Å²) in [6, 6.07) is 0.918. The van der Waals surface area contributed by atoms with E-state index in [4.69, 9.17) is 0 Å². The summed E-state index contributed by atoms with van der Waals surface area (Å²) >= 11 is 4.41. The lowest BCUT2D eigenvalue weighted by molar-refractivity contribution is 0.0695. The van der Waals surface area contributed by atoms with E-state index in [9.17, 15) is 19.1 Å². The first-order valence-electron chi connectivity index (χ1n) is 8.61. The molecule has 1 aliphatic carbocycles. The molecular weight excluding hydrogens is 362 g/mol. The van der Waals surface area contributed by atoms with E-state index in [1.165, 1.54) is 10.8 Å². The fraction of sp³-hybridized carbons (Fsp3) is 0.444. The van der Waals surface area contributed by atoms with Crippen molar-refractivity contribution < 1.29 is 18.7 Å². The summed E-state index contributed by atoms with van der Waals surface area (Å²) in [6.07, 6.45) is 4.17. The predicted octanol–water partition coefficient (Wildman–Crippen LogP) is 3.21. The molecule has 26 heavy (non-hydrogen) atoms. The summed E-state index contributed by atoms with van der Waals surface area (Å²) in [5.74, 6) is -3.03. The maximum Gasteiger partial charge on any atom is 0.341 e. The van der Waals surface area contributed by atoms with Gasteiger partial charge in [0.2, 0.25) is 5.43 Å². The van der Waals surface area contributed by atoms with Crippen LogP contribution in [0.25, 0.3) is 10.9 Å². The lowest BCUT2D eigenvalue weighted by atomic mass is 10.1. The highest BCUT2D eigenvalue weighted by Crippen LogP contribution is 2.40. The minimum absolute atomic E-state index is 0.00750. The van der Waals surface area contributed by atoms with Crippen LogP contribution < -0.4 is 10.3 Å². The number of hydrogen-bond acceptors (Lipinski definition) is 4. The molecule has 0 radical (unpaired) electrons. The van der Waals surface area contributed by atoms with E-state index < -0.39 is 28.6 Å².